The number of benzene rings is 2. The van der Waals surface area contributed by atoms with Gasteiger partial charge in [0, 0.05) is 10.9 Å². The third kappa shape index (κ3) is 4.25. The van der Waals surface area contributed by atoms with Crippen LogP contribution in [0.2, 0.25) is 0 Å². The van der Waals surface area contributed by atoms with Gasteiger partial charge in [-0.05, 0) is 23.1 Å². The standard InChI is InChI=1S/C19H16N2O4S/c22-18(13-25-16-10-5-4-9-15(16)21(23)24)20-19(17-11-6-12-26-17)14-7-2-1-3-8-14/h1-12,19H,13H2,(H,20,22)/t19-/m1/s1. The molecule has 1 amide bonds. The van der Waals surface area contributed by atoms with Crippen LogP contribution in [0.3, 0.4) is 0 Å². The zero-order chi connectivity index (χ0) is 18.4. The maximum absolute atomic E-state index is 12.4. The molecule has 3 rings (SSSR count). The summed E-state index contributed by atoms with van der Waals surface area (Å²) in [5.41, 5.74) is 0.784. The number of nitro benzene ring substituents is 1. The Bertz CT molecular complexity index is 882. The first-order chi connectivity index (χ1) is 12.6. The van der Waals surface area contributed by atoms with Crippen molar-refractivity contribution in [2.75, 3.05) is 6.61 Å². The van der Waals surface area contributed by atoms with Crippen LogP contribution in [-0.4, -0.2) is 17.4 Å². The molecule has 0 bridgehead atoms. The van der Waals surface area contributed by atoms with E-state index < -0.39 is 4.92 Å². The molecule has 0 aliphatic carbocycles. The maximum Gasteiger partial charge on any atom is 0.310 e. The molecule has 0 saturated heterocycles. The molecule has 1 heterocycles. The number of carbonyl (C=O) groups excluding carboxylic acids is 1. The predicted molar refractivity (Wildman–Crippen MR) is 99.3 cm³/mol. The SMILES string of the molecule is O=C(COc1ccccc1[N+](=O)[O-])N[C@H](c1ccccc1)c1cccs1. The van der Waals surface area contributed by atoms with Crippen LogP contribution in [-0.2, 0) is 4.79 Å². The Balaban J connectivity index is 1.71. The minimum absolute atomic E-state index is 0.0695. The van der Waals surface area contributed by atoms with E-state index in [1.54, 1.807) is 23.5 Å². The van der Waals surface area contributed by atoms with E-state index in [0.29, 0.717) is 0 Å². The van der Waals surface area contributed by atoms with Crippen LogP contribution in [0, 0.1) is 10.1 Å². The lowest BCUT2D eigenvalue weighted by molar-refractivity contribution is -0.385. The van der Waals surface area contributed by atoms with Crippen molar-refractivity contribution in [2.45, 2.75) is 6.04 Å². The lowest BCUT2D eigenvalue weighted by Crippen LogP contribution is -2.33. The zero-order valence-electron chi connectivity index (χ0n) is 13.7. The number of hydrogen-bond acceptors (Lipinski definition) is 5. The first kappa shape index (κ1) is 17.6. The van der Waals surface area contributed by atoms with Gasteiger partial charge in [0.25, 0.3) is 5.91 Å². The average molecular weight is 368 g/mol. The van der Waals surface area contributed by atoms with E-state index in [-0.39, 0.29) is 30.0 Å². The van der Waals surface area contributed by atoms with Gasteiger partial charge in [0.2, 0.25) is 0 Å². The van der Waals surface area contributed by atoms with Gasteiger partial charge in [-0.3, -0.25) is 14.9 Å². The molecular weight excluding hydrogens is 352 g/mol. The van der Waals surface area contributed by atoms with Gasteiger partial charge in [0.05, 0.1) is 11.0 Å². The highest BCUT2D eigenvalue weighted by Crippen LogP contribution is 2.27. The molecule has 0 unspecified atom stereocenters. The summed E-state index contributed by atoms with van der Waals surface area (Å²) in [5, 5.41) is 15.9. The molecule has 7 heteroatoms. The average Bonchev–Trinajstić information content (AvgIpc) is 3.19. The first-order valence-electron chi connectivity index (χ1n) is 7.89. The molecular formula is C19H16N2O4S. The predicted octanol–water partition coefficient (Wildman–Crippen LogP) is 3.94. The van der Waals surface area contributed by atoms with E-state index in [4.69, 9.17) is 4.74 Å². The van der Waals surface area contributed by atoms with E-state index in [0.717, 1.165) is 10.4 Å². The number of carbonyl (C=O) groups is 1. The van der Waals surface area contributed by atoms with E-state index >= 15 is 0 Å². The quantitative estimate of drug-likeness (QED) is 0.506. The molecule has 0 fully saturated rings. The van der Waals surface area contributed by atoms with Gasteiger partial charge in [-0.2, -0.15) is 0 Å². The van der Waals surface area contributed by atoms with Crippen molar-refractivity contribution < 1.29 is 14.5 Å². The second-order valence-corrected chi connectivity index (χ2v) is 6.42. The molecule has 3 aromatic rings. The third-order valence-corrected chi connectivity index (χ3v) is 4.62. The smallest absolute Gasteiger partial charge is 0.310 e. The van der Waals surface area contributed by atoms with E-state index in [2.05, 4.69) is 5.32 Å². The van der Waals surface area contributed by atoms with Gasteiger partial charge in [-0.15, -0.1) is 11.3 Å². The van der Waals surface area contributed by atoms with Crippen LogP contribution in [0.25, 0.3) is 0 Å². The van der Waals surface area contributed by atoms with Crippen LogP contribution in [0.1, 0.15) is 16.5 Å². The normalized spacial score (nSPS) is 11.5. The number of para-hydroxylation sites is 2. The van der Waals surface area contributed by atoms with Gasteiger partial charge in [-0.1, -0.05) is 48.5 Å². The van der Waals surface area contributed by atoms with Crippen LogP contribution >= 0.6 is 11.3 Å². The number of ether oxygens (including phenoxy) is 1. The van der Waals surface area contributed by atoms with Crippen LogP contribution < -0.4 is 10.1 Å². The van der Waals surface area contributed by atoms with Crippen molar-refractivity contribution in [1.29, 1.82) is 0 Å². The number of nitrogens with one attached hydrogen (secondary N) is 1. The Kier molecular flexibility index (Phi) is 5.60. The van der Waals surface area contributed by atoms with Crippen LogP contribution in [0.15, 0.2) is 72.1 Å². The summed E-state index contributed by atoms with van der Waals surface area (Å²) in [6.07, 6.45) is 0. The molecule has 0 aliphatic heterocycles. The number of rotatable bonds is 7. The van der Waals surface area contributed by atoms with Crippen molar-refractivity contribution in [3.63, 3.8) is 0 Å². The number of thiophene rings is 1. The van der Waals surface area contributed by atoms with Crippen molar-refractivity contribution in [2.24, 2.45) is 0 Å². The molecule has 0 spiro atoms. The molecule has 1 N–H and O–H groups in total. The van der Waals surface area contributed by atoms with Crippen LogP contribution in [0.4, 0.5) is 5.69 Å². The summed E-state index contributed by atoms with van der Waals surface area (Å²) < 4.78 is 5.36. The Morgan fingerprint density at radius 2 is 1.81 bits per heavy atom. The third-order valence-electron chi connectivity index (χ3n) is 3.69. The lowest BCUT2D eigenvalue weighted by Gasteiger charge is -2.18. The van der Waals surface area contributed by atoms with Gasteiger partial charge in [0.15, 0.2) is 12.4 Å². The molecule has 1 atom stereocenters. The molecule has 0 saturated carbocycles. The molecule has 2 aromatic carbocycles. The molecule has 132 valence electrons. The second kappa shape index (κ2) is 8.26. The summed E-state index contributed by atoms with van der Waals surface area (Å²) in [6.45, 7) is -0.306. The minimum atomic E-state index is -0.536. The minimum Gasteiger partial charge on any atom is -0.477 e. The second-order valence-electron chi connectivity index (χ2n) is 5.44. The number of nitrogens with zero attached hydrogens (tertiary/aromatic N) is 1. The Labute approximate surface area is 154 Å². The van der Waals surface area contributed by atoms with E-state index in [1.165, 1.54) is 12.1 Å². The lowest BCUT2D eigenvalue weighted by atomic mass is 10.1. The molecule has 6 nitrogen and oxygen atoms in total. The fraction of sp³-hybridized carbons (Fsp3) is 0.105. The summed E-state index contributed by atoms with van der Waals surface area (Å²) >= 11 is 1.54. The Morgan fingerprint density at radius 3 is 2.50 bits per heavy atom. The van der Waals surface area contributed by atoms with Crippen LogP contribution in [0.5, 0.6) is 5.75 Å². The molecule has 1 aromatic heterocycles. The summed E-state index contributed by atoms with van der Waals surface area (Å²) in [6, 6.07) is 19.2. The van der Waals surface area contributed by atoms with Crippen molar-refractivity contribution in [1.82, 2.24) is 5.32 Å². The van der Waals surface area contributed by atoms with E-state index in [1.807, 2.05) is 47.8 Å². The van der Waals surface area contributed by atoms with Crippen molar-refractivity contribution >= 4 is 22.9 Å². The zero-order valence-corrected chi connectivity index (χ0v) is 14.5. The van der Waals surface area contributed by atoms with E-state index in [9.17, 15) is 14.9 Å². The van der Waals surface area contributed by atoms with Gasteiger partial charge >= 0.3 is 5.69 Å². The molecule has 0 radical (unpaired) electrons. The summed E-state index contributed by atoms with van der Waals surface area (Å²) in [4.78, 5) is 23.8. The summed E-state index contributed by atoms with van der Waals surface area (Å²) in [5.74, 6) is -0.287. The topological polar surface area (TPSA) is 81.5 Å². The first-order valence-corrected chi connectivity index (χ1v) is 8.77. The number of hydrogen-bond donors (Lipinski definition) is 1. The highest BCUT2D eigenvalue weighted by molar-refractivity contribution is 7.10. The maximum atomic E-state index is 12.4. The summed E-state index contributed by atoms with van der Waals surface area (Å²) in [7, 11) is 0. The van der Waals surface area contributed by atoms with Gasteiger partial charge < -0.3 is 10.1 Å². The molecule has 0 aliphatic rings. The fourth-order valence-electron chi connectivity index (χ4n) is 2.50. The Hall–Kier alpha value is -3.19. The number of nitro groups is 1. The van der Waals surface area contributed by atoms with Crippen molar-refractivity contribution in [3.05, 3.63) is 92.7 Å². The molecule has 26 heavy (non-hydrogen) atoms. The van der Waals surface area contributed by atoms with Gasteiger partial charge in [-0.25, -0.2) is 0 Å². The fourth-order valence-corrected chi connectivity index (χ4v) is 3.30. The monoisotopic (exact) mass is 368 g/mol. The highest BCUT2D eigenvalue weighted by Gasteiger charge is 2.19. The Morgan fingerprint density at radius 1 is 1.08 bits per heavy atom. The van der Waals surface area contributed by atoms with Gasteiger partial charge in [0.1, 0.15) is 0 Å². The van der Waals surface area contributed by atoms with Crippen molar-refractivity contribution in [3.8, 4) is 5.75 Å². The highest BCUT2D eigenvalue weighted by atomic mass is 32.1. The number of amides is 1. The largest absolute Gasteiger partial charge is 0.477 e.